The van der Waals surface area contributed by atoms with Crippen LogP contribution >= 0.6 is 0 Å². The van der Waals surface area contributed by atoms with Gasteiger partial charge in [-0.15, -0.1) is 0 Å². The van der Waals surface area contributed by atoms with E-state index in [-0.39, 0.29) is 12.5 Å². The van der Waals surface area contributed by atoms with E-state index in [0.717, 1.165) is 16.8 Å². The molecule has 2 aromatic rings. The van der Waals surface area contributed by atoms with Gasteiger partial charge in [0, 0.05) is 5.69 Å². The second-order valence-corrected chi connectivity index (χ2v) is 4.97. The molecular weight excluding hydrogens is 250 g/mol. The van der Waals surface area contributed by atoms with Gasteiger partial charge in [0.25, 0.3) is 5.91 Å². The van der Waals surface area contributed by atoms with Crippen LogP contribution in [0.4, 0.5) is 5.69 Å². The number of benzene rings is 2. The summed E-state index contributed by atoms with van der Waals surface area (Å²) in [6.07, 6.45) is 0. The lowest BCUT2D eigenvalue weighted by atomic mass is 10.1. The first kappa shape index (κ1) is 14.1. The minimum atomic E-state index is -0.154. The molecule has 0 atom stereocenters. The van der Waals surface area contributed by atoms with E-state index in [9.17, 15) is 4.79 Å². The molecule has 0 aliphatic carbocycles. The number of hydrogen-bond acceptors (Lipinski definition) is 2. The van der Waals surface area contributed by atoms with E-state index in [1.165, 1.54) is 5.56 Å². The van der Waals surface area contributed by atoms with E-state index in [0.29, 0.717) is 5.75 Å². The summed E-state index contributed by atoms with van der Waals surface area (Å²) in [6.45, 7) is 6.00. The lowest BCUT2D eigenvalue weighted by molar-refractivity contribution is -0.118. The van der Waals surface area contributed by atoms with Crippen LogP contribution in [0.2, 0.25) is 0 Å². The molecule has 0 bridgehead atoms. The van der Waals surface area contributed by atoms with Crippen LogP contribution in [0.1, 0.15) is 16.7 Å². The highest BCUT2D eigenvalue weighted by molar-refractivity contribution is 5.92. The van der Waals surface area contributed by atoms with Crippen molar-refractivity contribution in [2.24, 2.45) is 0 Å². The van der Waals surface area contributed by atoms with Crippen molar-refractivity contribution < 1.29 is 9.53 Å². The molecule has 20 heavy (non-hydrogen) atoms. The Balaban J connectivity index is 1.92. The van der Waals surface area contributed by atoms with E-state index in [4.69, 9.17) is 4.74 Å². The predicted octanol–water partition coefficient (Wildman–Crippen LogP) is 3.63. The van der Waals surface area contributed by atoms with Gasteiger partial charge >= 0.3 is 0 Å². The normalized spacial score (nSPS) is 10.2. The van der Waals surface area contributed by atoms with E-state index in [1.54, 1.807) is 0 Å². The van der Waals surface area contributed by atoms with Crippen molar-refractivity contribution in [2.45, 2.75) is 20.8 Å². The number of carbonyl (C=O) groups excluding carboxylic acids is 1. The SMILES string of the molecule is Cc1cccc(OCC(=O)Nc2ccc(C)cc2C)c1. The maximum Gasteiger partial charge on any atom is 0.262 e. The maximum absolute atomic E-state index is 11.9. The van der Waals surface area contributed by atoms with Gasteiger partial charge < -0.3 is 10.1 Å². The van der Waals surface area contributed by atoms with Crippen LogP contribution in [0.15, 0.2) is 42.5 Å². The number of anilines is 1. The molecule has 0 heterocycles. The van der Waals surface area contributed by atoms with Crippen molar-refractivity contribution in [3.05, 3.63) is 59.2 Å². The third-order valence-corrected chi connectivity index (χ3v) is 3.02. The molecule has 3 heteroatoms. The van der Waals surface area contributed by atoms with Gasteiger partial charge in [-0.05, 0) is 50.1 Å². The summed E-state index contributed by atoms with van der Waals surface area (Å²) in [6, 6.07) is 13.6. The van der Waals surface area contributed by atoms with Gasteiger partial charge in [-0.1, -0.05) is 29.8 Å². The second-order valence-electron chi connectivity index (χ2n) is 4.97. The number of nitrogens with one attached hydrogen (secondary N) is 1. The average Bonchev–Trinajstić information content (AvgIpc) is 2.40. The Morgan fingerprint density at radius 2 is 1.80 bits per heavy atom. The number of ether oxygens (including phenoxy) is 1. The quantitative estimate of drug-likeness (QED) is 0.920. The molecule has 0 saturated heterocycles. The molecule has 2 aromatic carbocycles. The zero-order chi connectivity index (χ0) is 14.5. The molecule has 2 rings (SSSR count). The fourth-order valence-corrected chi connectivity index (χ4v) is 1.99. The zero-order valence-electron chi connectivity index (χ0n) is 12.1. The Morgan fingerprint density at radius 3 is 2.50 bits per heavy atom. The number of amides is 1. The smallest absolute Gasteiger partial charge is 0.262 e. The Kier molecular flexibility index (Phi) is 4.41. The Bertz CT molecular complexity index is 620. The fourth-order valence-electron chi connectivity index (χ4n) is 1.99. The zero-order valence-corrected chi connectivity index (χ0v) is 12.1. The molecule has 0 radical (unpaired) electrons. The Hall–Kier alpha value is -2.29. The molecule has 1 amide bonds. The highest BCUT2D eigenvalue weighted by Crippen LogP contribution is 2.16. The van der Waals surface area contributed by atoms with Crippen molar-refractivity contribution in [2.75, 3.05) is 11.9 Å². The average molecular weight is 269 g/mol. The van der Waals surface area contributed by atoms with Crippen LogP contribution in [0.5, 0.6) is 5.75 Å². The van der Waals surface area contributed by atoms with E-state index < -0.39 is 0 Å². The second kappa shape index (κ2) is 6.24. The van der Waals surface area contributed by atoms with Crippen molar-refractivity contribution in [1.82, 2.24) is 0 Å². The molecule has 0 aliphatic heterocycles. The molecule has 1 N–H and O–H groups in total. The van der Waals surface area contributed by atoms with E-state index in [1.807, 2.05) is 63.2 Å². The fraction of sp³-hybridized carbons (Fsp3) is 0.235. The molecule has 0 fully saturated rings. The van der Waals surface area contributed by atoms with Crippen molar-refractivity contribution >= 4 is 11.6 Å². The first-order valence-electron chi connectivity index (χ1n) is 6.61. The standard InChI is InChI=1S/C17H19NO2/c1-12-5-4-6-15(10-12)20-11-17(19)18-16-8-7-13(2)9-14(16)3/h4-10H,11H2,1-3H3,(H,18,19). The third-order valence-electron chi connectivity index (χ3n) is 3.02. The minimum absolute atomic E-state index is 0.0107. The van der Waals surface area contributed by atoms with Crippen molar-refractivity contribution in [3.8, 4) is 5.75 Å². The van der Waals surface area contributed by atoms with Crippen LogP contribution in [-0.4, -0.2) is 12.5 Å². The topological polar surface area (TPSA) is 38.3 Å². The largest absolute Gasteiger partial charge is 0.484 e. The minimum Gasteiger partial charge on any atom is -0.484 e. The summed E-state index contributed by atoms with van der Waals surface area (Å²) < 4.78 is 5.47. The predicted molar refractivity (Wildman–Crippen MR) is 81.2 cm³/mol. The van der Waals surface area contributed by atoms with Crippen LogP contribution < -0.4 is 10.1 Å². The monoisotopic (exact) mass is 269 g/mol. The lowest BCUT2D eigenvalue weighted by Crippen LogP contribution is -2.20. The van der Waals surface area contributed by atoms with Crippen LogP contribution in [0.25, 0.3) is 0 Å². The van der Waals surface area contributed by atoms with Crippen molar-refractivity contribution in [3.63, 3.8) is 0 Å². The van der Waals surface area contributed by atoms with Gasteiger partial charge in [-0.2, -0.15) is 0 Å². The summed E-state index contributed by atoms with van der Waals surface area (Å²) in [5.74, 6) is 0.555. The number of rotatable bonds is 4. The van der Waals surface area contributed by atoms with Gasteiger partial charge in [0.05, 0.1) is 0 Å². The molecule has 0 saturated carbocycles. The van der Waals surface area contributed by atoms with E-state index >= 15 is 0 Å². The number of hydrogen-bond donors (Lipinski definition) is 1. The summed E-state index contributed by atoms with van der Waals surface area (Å²) in [7, 11) is 0. The highest BCUT2D eigenvalue weighted by atomic mass is 16.5. The van der Waals surface area contributed by atoms with E-state index in [2.05, 4.69) is 5.32 Å². The van der Waals surface area contributed by atoms with Crippen molar-refractivity contribution in [1.29, 1.82) is 0 Å². The Labute approximate surface area is 119 Å². The summed E-state index contributed by atoms with van der Waals surface area (Å²) in [4.78, 5) is 11.9. The molecule has 0 aromatic heterocycles. The Morgan fingerprint density at radius 1 is 1.05 bits per heavy atom. The van der Waals surface area contributed by atoms with Gasteiger partial charge in [-0.25, -0.2) is 0 Å². The molecule has 3 nitrogen and oxygen atoms in total. The highest BCUT2D eigenvalue weighted by Gasteiger charge is 2.06. The van der Waals surface area contributed by atoms with Crippen LogP contribution in [-0.2, 0) is 4.79 Å². The molecule has 0 spiro atoms. The first-order valence-corrected chi connectivity index (χ1v) is 6.61. The number of carbonyl (C=O) groups is 1. The van der Waals surface area contributed by atoms with Gasteiger partial charge in [0.2, 0.25) is 0 Å². The van der Waals surface area contributed by atoms with Gasteiger partial charge in [0.1, 0.15) is 5.75 Å². The lowest BCUT2D eigenvalue weighted by Gasteiger charge is -2.10. The maximum atomic E-state index is 11.9. The van der Waals surface area contributed by atoms with Gasteiger partial charge in [0.15, 0.2) is 6.61 Å². The van der Waals surface area contributed by atoms with Crippen LogP contribution in [0, 0.1) is 20.8 Å². The van der Waals surface area contributed by atoms with Gasteiger partial charge in [-0.3, -0.25) is 4.79 Å². The summed E-state index contributed by atoms with van der Waals surface area (Å²) in [5, 5.41) is 2.86. The summed E-state index contributed by atoms with van der Waals surface area (Å²) >= 11 is 0. The molecular formula is C17H19NO2. The first-order chi connectivity index (χ1) is 9.54. The van der Waals surface area contributed by atoms with Crippen LogP contribution in [0.3, 0.4) is 0 Å². The molecule has 0 unspecified atom stereocenters. The summed E-state index contributed by atoms with van der Waals surface area (Å²) in [5.41, 5.74) is 4.16. The molecule has 104 valence electrons. The third kappa shape index (κ3) is 3.85. The molecule has 0 aliphatic rings. The number of aryl methyl sites for hydroxylation is 3.